The minimum atomic E-state index is -0.116. The van der Waals surface area contributed by atoms with Crippen LogP contribution in [-0.2, 0) is 20.3 Å². The molecule has 8 saturated carbocycles. The summed E-state index contributed by atoms with van der Waals surface area (Å²) in [4.78, 5) is 0. The average molecular weight is 555 g/mol. The first-order valence-electron chi connectivity index (χ1n) is 15.6. The molecule has 4 atom stereocenters. The third-order valence-electron chi connectivity index (χ3n) is 12.4. The van der Waals surface area contributed by atoms with Crippen molar-refractivity contribution in [2.45, 2.75) is 86.2 Å². The Morgan fingerprint density at radius 3 is 1.49 bits per heavy atom. The summed E-state index contributed by atoms with van der Waals surface area (Å²) in [6.45, 7) is 9.00. The molecule has 0 amide bonds. The molecule has 8 bridgehead atoms. The van der Waals surface area contributed by atoms with Crippen LogP contribution in [0.15, 0.2) is 72.8 Å². The van der Waals surface area contributed by atoms with E-state index >= 15 is 0 Å². The Labute approximate surface area is 245 Å². The van der Waals surface area contributed by atoms with E-state index in [2.05, 4.69) is 37.4 Å². The summed E-state index contributed by atoms with van der Waals surface area (Å²) in [5, 5.41) is 9.86. The monoisotopic (exact) mass is 554 g/mol. The highest BCUT2D eigenvalue weighted by Gasteiger charge is 2.62. The molecule has 0 aliphatic heterocycles. The second kappa shape index (κ2) is 9.47. The van der Waals surface area contributed by atoms with Crippen LogP contribution in [0.4, 0.5) is 0 Å². The van der Waals surface area contributed by atoms with E-state index in [0.29, 0.717) is 5.75 Å². The quantitative estimate of drug-likeness (QED) is 0.382. The van der Waals surface area contributed by atoms with Gasteiger partial charge in [-0.3, -0.25) is 0 Å². The van der Waals surface area contributed by atoms with Crippen molar-refractivity contribution in [3.8, 4) is 11.5 Å². The molecule has 2 aromatic rings. The zero-order chi connectivity index (χ0) is 28.6. The fourth-order valence-corrected chi connectivity index (χ4v) is 11.0. The van der Waals surface area contributed by atoms with Crippen LogP contribution in [0.3, 0.4) is 0 Å². The van der Waals surface area contributed by atoms with Gasteiger partial charge in [-0.15, -0.1) is 0 Å². The Kier molecular flexibility index (Phi) is 6.30. The Morgan fingerprint density at radius 1 is 0.634 bits per heavy atom. The van der Waals surface area contributed by atoms with E-state index in [-0.39, 0.29) is 22.0 Å². The van der Waals surface area contributed by atoms with Crippen molar-refractivity contribution in [2.75, 3.05) is 21.3 Å². The normalized spacial score (nSPS) is 41.3. The molecule has 4 nitrogen and oxygen atoms in total. The van der Waals surface area contributed by atoms with Crippen molar-refractivity contribution in [2.24, 2.45) is 23.7 Å². The molecular formula is C37H46O4. The lowest BCUT2D eigenvalue weighted by atomic mass is 9.44. The van der Waals surface area contributed by atoms with E-state index in [0.717, 1.165) is 42.3 Å². The Morgan fingerprint density at radius 2 is 1.07 bits per heavy atom. The van der Waals surface area contributed by atoms with Crippen LogP contribution < -0.4 is 4.74 Å². The summed E-state index contributed by atoms with van der Waals surface area (Å²) in [5.74, 6) is 4.37. The predicted octanol–water partition coefficient (Wildman–Crippen LogP) is 7.89. The van der Waals surface area contributed by atoms with Crippen LogP contribution in [0, 0.1) is 23.7 Å². The third-order valence-corrected chi connectivity index (χ3v) is 12.4. The molecule has 0 aromatic heterocycles. The average Bonchev–Trinajstić information content (AvgIpc) is 2.98. The molecule has 4 heteroatoms. The van der Waals surface area contributed by atoms with Gasteiger partial charge in [-0.2, -0.15) is 0 Å². The van der Waals surface area contributed by atoms with E-state index in [4.69, 9.17) is 14.2 Å². The molecule has 8 aliphatic rings. The molecule has 4 unspecified atom stereocenters. The number of ether oxygens (including phenoxy) is 3. The van der Waals surface area contributed by atoms with Gasteiger partial charge in [0.1, 0.15) is 11.5 Å². The standard InChI is InChI=1S/C19H24O2.C18H22O2/c1-13-18(16-5-4-6-17(8-16)20-2)9-14-7-15(10-18)12-19(13,11-14)21-3;1-12-17(15-4-3-5-16(19)7-15)8-13-6-14(9-17)11-18(12,10-13)20-2/h4-6,8,14-15H,1,7,9-12H2,2-3H3;3-5,7,13-14,19H,1,6,8-11H2,2H3. The third kappa shape index (κ3) is 3.93. The molecule has 0 radical (unpaired) electrons. The smallest absolute Gasteiger partial charge is 0.119 e. The molecule has 10 rings (SSSR count). The van der Waals surface area contributed by atoms with Gasteiger partial charge in [-0.05, 0) is 134 Å². The molecule has 1 N–H and O–H groups in total. The number of benzene rings is 2. The topological polar surface area (TPSA) is 47.9 Å². The highest BCUT2D eigenvalue weighted by molar-refractivity contribution is 5.48. The zero-order valence-electron chi connectivity index (χ0n) is 25.1. The van der Waals surface area contributed by atoms with E-state index in [1.54, 1.807) is 13.2 Å². The molecule has 8 fully saturated rings. The molecule has 0 saturated heterocycles. The Hall–Kier alpha value is -2.56. The van der Waals surface area contributed by atoms with Crippen molar-refractivity contribution < 1.29 is 19.3 Å². The fraction of sp³-hybridized carbons (Fsp3) is 0.568. The maximum absolute atomic E-state index is 9.86. The molecule has 218 valence electrons. The minimum Gasteiger partial charge on any atom is -0.508 e. The number of aromatic hydroxyl groups is 1. The number of rotatable bonds is 5. The zero-order valence-corrected chi connectivity index (χ0v) is 25.1. The van der Waals surface area contributed by atoms with E-state index in [9.17, 15) is 5.11 Å². The summed E-state index contributed by atoms with van der Waals surface area (Å²) in [6, 6.07) is 16.4. The lowest BCUT2D eigenvalue weighted by Crippen LogP contribution is -2.59. The van der Waals surface area contributed by atoms with Gasteiger partial charge in [0.05, 0.1) is 18.3 Å². The first-order valence-corrected chi connectivity index (χ1v) is 15.6. The van der Waals surface area contributed by atoms with Crippen molar-refractivity contribution in [3.05, 3.63) is 84.0 Å². The second-order valence-corrected chi connectivity index (χ2v) is 14.4. The van der Waals surface area contributed by atoms with Gasteiger partial charge < -0.3 is 19.3 Å². The predicted molar refractivity (Wildman–Crippen MR) is 162 cm³/mol. The maximum Gasteiger partial charge on any atom is 0.119 e. The molecular weight excluding hydrogens is 508 g/mol. The first-order chi connectivity index (χ1) is 19.7. The highest BCUT2D eigenvalue weighted by atomic mass is 16.5. The summed E-state index contributed by atoms with van der Waals surface area (Å²) >= 11 is 0. The molecule has 0 heterocycles. The van der Waals surface area contributed by atoms with E-state index in [1.807, 2.05) is 32.4 Å². The highest BCUT2D eigenvalue weighted by Crippen LogP contribution is 2.66. The van der Waals surface area contributed by atoms with E-state index in [1.165, 1.54) is 73.6 Å². The Balaban J connectivity index is 0.000000135. The molecule has 41 heavy (non-hydrogen) atoms. The lowest BCUT2D eigenvalue weighted by molar-refractivity contribution is -0.110. The number of hydrogen-bond acceptors (Lipinski definition) is 4. The van der Waals surface area contributed by atoms with Crippen LogP contribution >= 0.6 is 0 Å². The van der Waals surface area contributed by atoms with Crippen LogP contribution in [0.25, 0.3) is 0 Å². The largest absolute Gasteiger partial charge is 0.508 e. The van der Waals surface area contributed by atoms with Gasteiger partial charge in [-0.1, -0.05) is 37.4 Å². The number of phenols is 1. The van der Waals surface area contributed by atoms with Crippen LogP contribution in [-0.4, -0.2) is 37.6 Å². The fourth-order valence-electron chi connectivity index (χ4n) is 11.0. The van der Waals surface area contributed by atoms with Crippen LogP contribution in [0.5, 0.6) is 11.5 Å². The number of hydrogen-bond donors (Lipinski definition) is 1. The molecule has 2 aromatic carbocycles. The van der Waals surface area contributed by atoms with Gasteiger partial charge in [0.15, 0.2) is 0 Å². The van der Waals surface area contributed by atoms with Gasteiger partial charge in [-0.25, -0.2) is 0 Å². The van der Waals surface area contributed by atoms with Crippen molar-refractivity contribution in [1.29, 1.82) is 0 Å². The summed E-state index contributed by atoms with van der Waals surface area (Å²) < 4.78 is 17.5. The lowest BCUT2D eigenvalue weighted by Gasteiger charge is -2.63. The first kappa shape index (κ1) is 27.3. The second-order valence-electron chi connectivity index (χ2n) is 14.4. The molecule has 0 spiro atoms. The van der Waals surface area contributed by atoms with Crippen molar-refractivity contribution in [3.63, 3.8) is 0 Å². The SMILES string of the molecule is C=C1C2(OC)CC3CC(C2)CC1(c1cccc(O)c1)C3.C=C1C2(OC)CC3CC(C2)CC1(c1cccc(OC)c1)C3. The van der Waals surface area contributed by atoms with E-state index < -0.39 is 0 Å². The maximum atomic E-state index is 9.86. The van der Waals surface area contributed by atoms with Crippen LogP contribution in [0.1, 0.15) is 75.3 Å². The molecule has 8 aliphatic carbocycles. The summed E-state index contributed by atoms with van der Waals surface area (Å²) in [6.07, 6.45) is 12.2. The van der Waals surface area contributed by atoms with Crippen LogP contribution in [0.2, 0.25) is 0 Å². The van der Waals surface area contributed by atoms with Gasteiger partial charge in [0, 0.05) is 25.0 Å². The summed E-state index contributed by atoms with van der Waals surface area (Å²) in [5.41, 5.74) is 5.12. The number of phenolic OH excluding ortho intramolecular Hbond substituents is 1. The van der Waals surface area contributed by atoms with Gasteiger partial charge in [0.2, 0.25) is 0 Å². The van der Waals surface area contributed by atoms with Gasteiger partial charge in [0.25, 0.3) is 0 Å². The van der Waals surface area contributed by atoms with Crippen molar-refractivity contribution in [1.82, 2.24) is 0 Å². The van der Waals surface area contributed by atoms with Gasteiger partial charge >= 0.3 is 0 Å². The minimum absolute atomic E-state index is 0.0266. The Bertz CT molecular complexity index is 1340. The number of methoxy groups -OCH3 is 3. The van der Waals surface area contributed by atoms with Crippen molar-refractivity contribution >= 4 is 0 Å². The summed E-state index contributed by atoms with van der Waals surface area (Å²) in [7, 11) is 5.45.